The van der Waals surface area contributed by atoms with Gasteiger partial charge in [-0.05, 0) is 36.0 Å². The number of unbranched alkanes of at least 4 members (excludes halogenated alkanes) is 4. The highest BCUT2D eigenvalue weighted by atomic mass is 35.5. The number of halogens is 1. The minimum absolute atomic E-state index is 0. The van der Waals surface area contributed by atoms with E-state index in [4.69, 9.17) is 5.73 Å². The molecule has 0 aliphatic rings. The maximum Gasteiger partial charge on any atom is 0.0297 e. The van der Waals surface area contributed by atoms with Crippen molar-refractivity contribution < 1.29 is 0 Å². The lowest BCUT2D eigenvalue weighted by molar-refractivity contribution is 0.552. The van der Waals surface area contributed by atoms with Gasteiger partial charge in [-0.2, -0.15) is 0 Å². The molecule has 0 bridgehead atoms. The smallest absolute Gasteiger partial charge is 0.0297 e. The van der Waals surface area contributed by atoms with Gasteiger partial charge in [-0.1, -0.05) is 83.9 Å². The molecule has 1 nitrogen and oxygen atoms in total. The lowest BCUT2D eigenvalue weighted by Crippen LogP contribution is -2.14. The summed E-state index contributed by atoms with van der Waals surface area (Å²) in [5, 5.41) is 0. The summed E-state index contributed by atoms with van der Waals surface area (Å²) < 4.78 is 0. The third kappa shape index (κ3) is 7.15. The third-order valence-electron chi connectivity index (χ3n) is 4.35. The Morgan fingerprint density at radius 2 is 1.55 bits per heavy atom. The highest BCUT2D eigenvalue weighted by Gasteiger charge is 2.13. The van der Waals surface area contributed by atoms with Crippen LogP contribution in [0.15, 0.2) is 18.2 Å². The first-order valence-electron chi connectivity index (χ1n) is 9.10. The van der Waals surface area contributed by atoms with Crippen LogP contribution in [0.25, 0.3) is 0 Å². The SMILES string of the molecule is CCCCCCCC(N)c1cccc(CCC)c1CCC.Cl. The molecule has 0 amide bonds. The fourth-order valence-electron chi connectivity index (χ4n) is 3.18. The Kier molecular flexibility index (Phi) is 12.6. The molecule has 0 fully saturated rings. The second-order valence-electron chi connectivity index (χ2n) is 6.29. The number of hydrogen-bond acceptors (Lipinski definition) is 1. The minimum atomic E-state index is 0. The normalized spacial score (nSPS) is 12.0. The Balaban J connectivity index is 0.00000441. The van der Waals surface area contributed by atoms with Gasteiger partial charge in [-0.15, -0.1) is 12.4 Å². The summed E-state index contributed by atoms with van der Waals surface area (Å²) in [5.74, 6) is 0. The first-order chi connectivity index (χ1) is 10.2. The van der Waals surface area contributed by atoms with Gasteiger partial charge >= 0.3 is 0 Å². The number of aryl methyl sites for hydroxylation is 1. The summed E-state index contributed by atoms with van der Waals surface area (Å²) in [5.41, 5.74) is 11.0. The number of nitrogens with two attached hydrogens (primary N) is 1. The Labute approximate surface area is 144 Å². The Morgan fingerprint density at radius 3 is 2.18 bits per heavy atom. The summed E-state index contributed by atoms with van der Waals surface area (Å²) in [6.07, 6.45) is 12.6. The van der Waals surface area contributed by atoms with Gasteiger partial charge in [0.05, 0.1) is 0 Å². The van der Waals surface area contributed by atoms with Crippen LogP contribution >= 0.6 is 12.4 Å². The van der Waals surface area contributed by atoms with E-state index >= 15 is 0 Å². The van der Waals surface area contributed by atoms with Gasteiger partial charge in [0.1, 0.15) is 0 Å². The second-order valence-corrected chi connectivity index (χ2v) is 6.29. The predicted molar refractivity (Wildman–Crippen MR) is 102 cm³/mol. The third-order valence-corrected chi connectivity index (χ3v) is 4.35. The van der Waals surface area contributed by atoms with Crippen LogP contribution in [0.5, 0.6) is 0 Å². The molecule has 0 aliphatic carbocycles. The van der Waals surface area contributed by atoms with E-state index in [0.717, 1.165) is 6.42 Å². The zero-order valence-electron chi connectivity index (χ0n) is 14.9. The highest BCUT2D eigenvalue weighted by molar-refractivity contribution is 5.85. The molecular formula is C20H36ClN. The molecule has 1 unspecified atom stereocenters. The fraction of sp³-hybridized carbons (Fsp3) is 0.700. The van der Waals surface area contributed by atoms with Crippen molar-refractivity contribution >= 4 is 12.4 Å². The van der Waals surface area contributed by atoms with Crippen LogP contribution in [0.1, 0.15) is 94.9 Å². The number of rotatable bonds is 11. The molecule has 0 saturated heterocycles. The maximum absolute atomic E-state index is 6.51. The van der Waals surface area contributed by atoms with E-state index in [9.17, 15) is 0 Å². The molecule has 0 heterocycles. The van der Waals surface area contributed by atoms with Crippen molar-refractivity contribution in [3.8, 4) is 0 Å². The maximum atomic E-state index is 6.51. The van der Waals surface area contributed by atoms with Crippen LogP contribution in [-0.2, 0) is 12.8 Å². The van der Waals surface area contributed by atoms with Gasteiger partial charge in [-0.3, -0.25) is 0 Å². The van der Waals surface area contributed by atoms with Gasteiger partial charge in [0, 0.05) is 6.04 Å². The summed E-state index contributed by atoms with van der Waals surface area (Å²) >= 11 is 0. The average molecular weight is 326 g/mol. The van der Waals surface area contributed by atoms with Crippen LogP contribution in [-0.4, -0.2) is 0 Å². The molecule has 0 spiro atoms. The van der Waals surface area contributed by atoms with Gasteiger partial charge in [-0.25, -0.2) is 0 Å². The molecule has 1 aromatic carbocycles. The minimum Gasteiger partial charge on any atom is -0.324 e. The van der Waals surface area contributed by atoms with E-state index in [1.165, 1.54) is 68.9 Å². The van der Waals surface area contributed by atoms with Crippen molar-refractivity contribution in [2.45, 2.75) is 91.0 Å². The van der Waals surface area contributed by atoms with Crippen molar-refractivity contribution in [2.75, 3.05) is 0 Å². The van der Waals surface area contributed by atoms with Crippen LogP contribution in [0.2, 0.25) is 0 Å². The quantitative estimate of drug-likeness (QED) is 0.470. The van der Waals surface area contributed by atoms with Crippen molar-refractivity contribution in [3.63, 3.8) is 0 Å². The summed E-state index contributed by atoms with van der Waals surface area (Å²) in [4.78, 5) is 0. The van der Waals surface area contributed by atoms with Gasteiger partial charge in [0.2, 0.25) is 0 Å². The van der Waals surface area contributed by atoms with Crippen LogP contribution < -0.4 is 5.73 Å². The van der Waals surface area contributed by atoms with E-state index in [1.807, 2.05) is 0 Å². The zero-order chi connectivity index (χ0) is 15.5. The van der Waals surface area contributed by atoms with Crippen molar-refractivity contribution in [1.82, 2.24) is 0 Å². The molecule has 2 N–H and O–H groups in total. The molecular weight excluding hydrogens is 290 g/mol. The molecule has 0 aromatic heterocycles. The van der Waals surface area contributed by atoms with Crippen LogP contribution in [0.3, 0.4) is 0 Å². The highest BCUT2D eigenvalue weighted by Crippen LogP contribution is 2.26. The molecule has 0 saturated carbocycles. The van der Waals surface area contributed by atoms with E-state index < -0.39 is 0 Å². The van der Waals surface area contributed by atoms with Crippen LogP contribution in [0, 0.1) is 0 Å². The second kappa shape index (κ2) is 13.0. The van der Waals surface area contributed by atoms with Gasteiger partial charge in [0.25, 0.3) is 0 Å². The molecule has 2 heteroatoms. The zero-order valence-corrected chi connectivity index (χ0v) is 15.7. The van der Waals surface area contributed by atoms with E-state index in [2.05, 4.69) is 39.0 Å². The number of benzene rings is 1. The average Bonchev–Trinajstić information content (AvgIpc) is 2.49. The Morgan fingerprint density at radius 1 is 0.864 bits per heavy atom. The molecule has 1 aromatic rings. The standard InChI is InChI=1S/C20H35N.ClH/c1-4-7-8-9-10-16-20(21)19-15-11-14-17(12-5-2)18(19)13-6-3;/h11,14-15,20H,4-10,12-13,16,21H2,1-3H3;1H. The lowest BCUT2D eigenvalue weighted by atomic mass is 9.89. The van der Waals surface area contributed by atoms with E-state index in [-0.39, 0.29) is 18.4 Å². The monoisotopic (exact) mass is 325 g/mol. The summed E-state index contributed by atoms with van der Waals surface area (Å²) in [6.45, 7) is 6.79. The van der Waals surface area contributed by atoms with Gasteiger partial charge in [0.15, 0.2) is 0 Å². The van der Waals surface area contributed by atoms with Crippen molar-refractivity contribution in [3.05, 3.63) is 34.9 Å². The molecule has 1 atom stereocenters. The topological polar surface area (TPSA) is 26.0 Å². The van der Waals surface area contributed by atoms with E-state index in [1.54, 1.807) is 5.56 Å². The number of hydrogen-bond donors (Lipinski definition) is 1. The largest absolute Gasteiger partial charge is 0.324 e. The molecule has 22 heavy (non-hydrogen) atoms. The molecule has 0 radical (unpaired) electrons. The predicted octanol–water partition coefficient (Wildman–Crippen LogP) is 6.37. The van der Waals surface area contributed by atoms with Crippen molar-refractivity contribution in [2.24, 2.45) is 5.73 Å². The Hall–Kier alpha value is -0.530. The van der Waals surface area contributed by atoms with Crippen LogP contribution in [0.4, 0.5) is 0 Å². The lowest BCUT2D eigenvalue weighted by Gasteiger charge is -2.19. The van der Waals surface area contributed by atoms with Crippen molar-refractivity contribution in [1.29, 1.82) is 0 Å². The molecule has 0 aliphatic heterocycles. The van der Waals surface area contributed by atoms with E-state index in [0.29, 0.717) is 0 Å². The molecule has 128 valence electrons. The first kappa shape index (κ1) is 21.5. The molecule has 1 rings (SSSR count). The Bertz CT molecular complexity index is 389. The fourth-order valence-corrected chi connectivity index (χ4v) is 3.18. The first-order valence-corrected chi connectivity index (χ1v) is 9.10. The summed E-state index contributed by atoms with van der Waals surface area (Å²) in [7, 11) is 0. The van der Waals surface area contributed by atoms with Gasteiger partial charge < -0.3 is 5.73 Å². The summed E-state index contributed by atoms with van der Waals surface area (Å²) in [6, 6.07) is 6.99.